The van der Waals surface area contributed by atoms with Crippen LogP contribution in [0.5, 0.6) is 0 Å². The lowest BCUT2D eigenvalue weighted by Crippen LogP contribution is -2.24. The first-order valence-electron chi connectivity index (χ1n) is 8.99. The molecule has 0 fully saturated rings. The zero-order valence-corrected chi connectivity index (χ0v) is 15.1. The molecule has 0 radical (unpaired) electrons. The quantitative estimate of drug-likeness (QED) is 0.566. The molecule has 4 rings (SSSR count). The summed E-state index contributed by atoms with van der Waals surface area (Å²) in [6.07, 6.45) is 4.21. The van der Waals surface area contributed by atoms with Crippen molar-refractivity contribution in [2.24, 2.45) is 0 Å². The number of carbonyl (C=O) groups excluding carboxylic acids is 1. The number of benzene rings is 1. The Kier molecular flexibility index (Phi) is 4.70. The van der Waals surface area contributed by atoms with Crippen molar-refractivity contribution >= 4 is 16.9 Å². The third-order valence-corrected chi connectivity index (χ3v) is 4.34. The van der Waals surface area contributed by atoms with E-state index in [-0.39, 0.29) is 5.91 Å². The average molecular weight is 360 g/mol. The Morgan fingerprint density at radius 3 is 2.78 bits per heavy atom. The van der Waals surface area contributed by atoms with Gasteiger partial charge in [0.05, 0.1) is 29.1 Å². The standard InChI is InChI=1S/C21H20N4O2/c1-2-10-22-21(26)17-12-19(15-7-4-3-5-8-15)24-20-18(17)13-23-25(20)14-16-9-6-11-27-16/h3-9,11-13H,2,10,14H2,1H3,(H,22,26). The highest BCUT2D eigenvalue weighted by atomic mass is 16.3. The van der Waals surface area contributed by atoms with Gasteiger partial charge in [-0.2, -0.15) is 5.10 Å². The Morgan fingerprint density at radius 1 is 1.19 bits per heavy atom. The van der Waals surface area contributed by atoms with E-state index in [0.717, 1.165) is 28.8 Å². The molecule has 6 nitrogen and oxygen atoms in total. The molecule has 1 N–H and O–H groups in total. The number of hydrogen-bond donors (Lipinski definition) is 1. The van der Waals surface area contributed by atoms with Gasteiger partial charge in [0.25, 0.3) is 5.91 Å². The van der Waals surface area contributed by atoms with Gasteiger partial charge in [-0.15, -0.1) is 0 Å². The van der Waals surface area contributed by atoms with Crippen LogP contribution in [0.3, 0.4) is 0 Å². The largest absolute Gasteiger partial charge is 0.467 e. The molecule has 1 aromatic carbocycles. The van der Waals surface area contributed by atoms with Crippen LogP contribution < -0.4 is 5.32 Å². The SMILES string of the molecule is CCCNC(=O)c1cc(-c2ccccc2)nc2c1cnn2Cc1ccco1. The third-order valence-electron chi connectivity index (χ3n) is 4.34. The van der Waals surface area contributed by atoms with E-state index in [0.29, 0.717) is 24.3 Å². The highest BCUT2D eigenvalue weighted by Crippen LogP contribution is 2.25. The minimum absolute atomic E-state index is 0.112. The minimum Gasteiger partial charge on any atom is -0.467 e. The molecule has 4 aromatic rings. The summed E-state index contributed by atoms with van der Waals surface area (Å²) in [4.78, 5) is 17.5. The van der Waals surface area contributed by atoms with Crippen molar-refractivity contribution < 1.29 is 9.21 Å². The summed E-state index contributed by atoms with van der Waals surface area (Å²) in [5.41, 5.74) is 2.94. The summed E-state index contributed by atoms with van der Waals surface area (Å²) in [6, 6.07) is 15.4. The normalized spacial score (nSPS) is 11.0. The fraction of sp³-hybridized carbons (Fsp3) is 0.190. The Hall–Kier alpha value is -3.41. The lowest BCUT2D eigenvalue weighted by Gasteiger charge is -2.09. The molecule has 27 heavy (non-hydrogen) atoms. The fourth-order valence-corrected chi connectivity index (χ4v) is 2.99. The van der Waals surface area contributed by atoms with E-state index in [2.05, 4.69) is 10.4 Å². The number of fused-ring (bicyclic) bond motifs is 1. The molecule has 0 atom stereocenters. The summed E-state index contributed by atoms with van der Waals surface area (Å²) in [5.74, 6) is 0.669. The molecule has 3 aromatic heterocycles. The molecule has 6 heteroatoms. The number of hydrogen-bond acceptors (Lipinski definition) is 4. The molecule has 0 spiro atoms. The maximum Gasteiger partial charge on any atom is 0.252 e. The van der Waals surface area contributed by atoms with Gasteiger partial charge in [-0.1, -0.05) is 37.3 Å². The van der Waals surface area contributed by atoms with Crippen LogP contribution in [0.15, 0.2) is 65.4 Å². The molecule has 136 valence electrons. The summed E-state index contributed by atoms with van der Waals surface area (Å²) in [6.45, 7) is 3.11. The third kappa shape index (κ3) is 3.46. The molecule has 0 saturated carbocycles. The predicted molar refractivity (Wildman–Crippen MR) is 103 cm³/mol. The van der Waals surface area contributed by atoms with Crippen LogP contribution >= 0.6 is 0 Å². The number of aromatic nitrogens is 3. The number of furan rings is 1. The number of carbonyl (C=O) groups is 1. The van der Waals surface area contributed by atoms with Gasteiger partial charge in [-0.05, 0) is 24.6 Å². The minimum atomic E-state index is -0.112. The second kappa shape index (κ2) is 7.45. The summed E-state index contributed by atoms with van der Waals surface area (Å²) in [5, 5.41) is 8.13. The van der Waals surface area contributed by atoms with Crippen molar-refractivity contribution in [3.63, 3.8) is 0 Å². The number of nitrogens with zero attached hydrogens (tertiary/aromatic N) is 3. The first kappa shape index (κ1) is 17.0. The first-order chi connectivity index (χ1) is 13.3. The van der Waals surface area contributed by atoms with Crippen LogP contribution in [0.1, 0.15) is 29.5 Å². The number of rotatable bonds is 6. The van der Waals surface area contributed by atoms with Crippen molar-refractivity contribution in [2.75, 3.05) is 6.54 Å². The zero-order valence-electron chi connectivity index (χ0n) is 15.1. The first-order valence-corrected chi connectivity index (χ1v) is 8.99. The van der Waals surface area contributed by atoms with Crippen molar-refractivity contribution in [2.45, 2.75) is 19.9 Å². The van der Waals surface area contributed by atoms with Crippen molar-refractivity contribution in [3.8, 4) is 11.3 Å². The maximum absolute atomic E-state index is 12.7. The van der Waals surface area contributed by atoms with Crippen LogP contribution in [-0.4, -0.2) is 27.2 Å². The topological polar surface area (TPSA) is 73.0 Å². The molecular formula is C21H20N4O2. The fourth-order valence-electron chi connectivity index (χ4n) is 2.99. The highest BCUT2D eigenvalue weighted by Gasteiger charge is 2.17. The second-order valence-corrected chi connectivity index (χ2v) is 6.30. The highest BCUT2D eigenvalue weighted by molar-refractivity contribution is 6.06. The average Bonchev–Trinajstić information content (AvgIpc) is 3.36. The summed E-state index contributed by atoms with van der Waals surface area (Å²) < 4.78 is 7.19. The monoisotopic (exact) mass is 360 g/mol. The Bertz CT molecular complexity index is 1050. The molecule has 3 heterocycles. The van der Waals surface area contributed by atoms with Gasteiger partial charge in [0.2, 0.25) is 0 Å². The summed E-state index contributed by atoms with van der Waals surface area (Å²) in [7, 11) is 0. The molecule has 0 saturated heterocycles. The van der Waals surface area contributed by atoms with Gasteiger partial charge in [-0.25, -0.2) is 9.67 Å². The molecule has 1 amide bonds. The van der Waals surface area contributed by atoms with Gasteiger partial charge < -0.3 is 9.73 Å². The number of pyridine rings is 1. The van der Waals surface area contributed by atoms with E-state index in [1.54, 1.807) is 17.1 Å². The van der Waals surface area contributed by atoms with Crippen molar-refractivity contribution in [1.29, 1.82) is 0 Å². The van der Waals surface area contributed by atoms with E-state index in [1.807, 2.05) is 55.5 Å². The van der Waals surface area contributed by atoms with Crippen LogP contribution in [0, 0.1) is 0 Å². The van der Waals surface area contributed by atoms with E-state index in [9.17, 15) is 4.79 Å². The van der Waals surface area contributed by atoms with E-state index < -0.39 is 0 Å². The van der Waals surface area contributed by atoms with Gasteiger partial charge >= 0.3 is 0 Å². The summed E-state index contributed by atoms with van der Waals surface area (Å²) >= 11 is 0. The van der Waals surface area contributed by atoms with Gasteiger partial charge in [-0.3, -0.25) is 4.79 Å². The van der Waals surface area contributed by atoms with E-state index >= 15 is 0 Å². The van der Waals surface area contributed by atoms with Crippen molar-refractivity contribution in [3.05, 3.63) is 72.3 Å². The molecule has 0 unspecified atom stereocenters. The Labute approximate surface area is 156 Å². The molecule has 0 aliphatic rings. The van der Waals surface area contributed by atoms with Crippen LogP contribution in [-0.2, 0) is 6.54 Å². The Morgan fingerprint density at radius 2 is 2.04 bits per heavy atom. The number of nitrogens with one attached hydrogen (secondary N) is 1. The van der Waals surface area contributed by atoms with Crippen LogP contribution in [0.25, 0.3) is 22.3 Å². The zero-order chi connectivity index (χ0) is 18.6. The van der Waals surface area contributed by atoms with Crippen LogP contribution in [0.2, 0.25) is 0 Å². The van der Waals surface area contributed by atoms with Gasteiger partial charge in [0, 0.05) is 12.1 Å². The van der Waals surface area contributed by atoms with E-state index in [1.165, 1.54) is 0 Å². The second-order valence-electron chi connectivity index (χ2n) is 6.30. The van der Waals surface area contributed by atoms with Gasteiger partial charge in [0.15, 0.2) is 5.65 Å². The number of amides is 1. The molecular weight excluding hydrogens is 340 g/mol. The lowest BCUT2D eigenvalue weighted by atomic mass is 10.1. The predicted octanol–water partition coefficient (Wildman–Crippen LogP) is 3.88. The Balaban J connectivity index is 1.84. The molecule has 0 aliphatic heterocycles. The van der Waals surface area contributed by atoms with Gasteiger partial charge in [0.1, 0.15) is 12.3 Å². The van der Waals surface area contributed by atoms with Crippen LogP contribution in [0.4, 0.5) is 0 Å². The van der Waals surface area contributed by atoms with E-state index in [4.69, 9.17) is 9.40 Å². The molecule has 0 bridgehead atoms. The lowest BCUT2D eigenvalue weighted by molar-refractivity contribution is 0.0955. The maximum atomic E-state index is 12.7. The molecule has 0 aliphatic carbocycles. The van der Waals surface area contributed by atoms with Crippen molar-refractivity contribution in [1.82, 2.24) is 20.1 Å². The smallest absolute Gasteiger partial charge is 0.252 e.